The van der Waals surface area contributed by atoms with Gasteiger partial charge in [0.05, 0.1) is 13.0 Å². The minimum absolute atomic E-state index is 0.0256. The van der Waals surface area contributed by atoms with Crippen LogP contribution in [0.3, 0.4) is 0 Å². The van der Waals surface area contributed by atoms with Crippen LogP contribution in [-0.2, 0) is 23.8 Å². The number of carbonyl (C=O) groups excluding carboxylic acids is 2. The molecule has 8 nitrogen and oxygen atoms in total. The minimum atomic E-state index is -0.706. The van der Waals surface area contributed by atoms with E-state index < -0.39 is 17.7 Å². The molecule has 0 aromatic carbocycles. The van der Waals surface area contributed by atoms with Crippen LogP contribution in [0.5, 0.6) is 0 Å². The van der Waals surface area contributed by atoms with Gasteiger partial charge in [0.2, 0.25) is 0 Å². The SMILES string of the molecule is CCOC(=O)CO[C@@H](CC(=O)OC(C)(C)C)c1nnc([C@H]2C[C@@H](CC(C)C)C2)n1C1CC1. The fourth-order valence-electron chi connectivity index (χ4n) is 4.46. The van der Waals surface area contributed by atoms with Crippen molar-refractivity contribution in [1.82, 2.24) is 14.8 Å². The van der Waals surface area contributed by atoms with Crippen LogP contribution >= 0.6 is 0 Å². The standard InChI is InChI=1S/C24H39N3O5/c1-7-30-21(29)14-31-19(13-20(28)32-24(4,5)6)23-26-25-22(27(23)18-8-9-18)17-11-16(12-17)10-15(2)3/h15-19H,7-14H2,1-6H3/t16-,17+,19-/m0/s1. The summed E-state index contributed by atoms with van der Waals surface area (Å²) in [6.45, 7) is 11.8. The largest absolute Gasteiger partial charge is 0.464 e. The number of rotatable bonds is 11. The van der Waals surface area contributed by atoms with E-state index in [1.54, 1.807) is 6.92 Å². The highest BCUT2D eigenvalue weighted by Crippen LogP contribution is 2.47. The molecular formula is C24H39N3O5. The molecule has 0 saturated heterocycles. The van der Waals surface area contributed by atoms with E-state index in [-0.39, 0.29) is 25.6 Å². The van der Waals surface area contributed by atoms with Crippen LogP contribution in [0.1, 0.15) is 110 Å². The van der Waals surface area contributed by atoms with Gasteiger partial charge < -0.3 is 18.8 Å². The van der Waals surface area contributed by atoms with Crippen LogP contribution < -0.4 is 0 Å². The first-order chi connectivity index (χ1) is 15.1. The molecule has 1 atom stereocenters. The molecule has 2 fully saturated rings. The molecule has 0 unspecified atom stereocenters. The summed E-state index contributed by atoms with van der Waals surface area (Å²) >= 11 is 0. The Balaban J connectivity index is 1.78. The van der Waals surface area contributed by atoms with E-state index in [0.29, 0.717) is 23.7 Å². The average molecular weight is 450 g/mol. The number of ether oxygens (including phenoxy) is 3. The molecule has 1 heterocycles. The van der Waals surface area contributed by atoms with Gasteiger partial charge in [-0.05, 0) is 71.6 Å². The number of hydrogen-bond donors (Lipinski definition) is 0. The zero-order valence-electron chi connectivity index (χ0n) is 20.4. The van der Waals surface area contributed by atoms with Crippen molar-refractivity contribution in [2.75, 3.05) is 13.2 Å². The molecule has 2 aliphatic rings. The van der Waals surface area contributed by atoms with Crippen molar-refractivity contribution < 1.29 is 23.8 Å². The maximum absolute atomic E-state index is 12.6. The maximum Gasteiger partial charge on any atom is 0.332 e. The van der Waals surface area contributed by atoms with Crippen molar-refractivity contribution >= 4 is 11.9 Å². The molecule has 3 rings (SSSR count). The molecule has 8 heteroatoms. The Hall–Kier alpha value is -1.96. The topological polar surface area (TPSA) is 92.5 Å². The Morgan fingerprint density at radius 2 is 1.81 bits per heavy atom. The van der Waals surface area contributed by atoms with Gasteiger partial charge in [-0.2, -0.15) is 0 Å². The lowest BCUT2D eigenvalue weighted by Gasteiger charge is -2.36. The number of nitrogens with zero attached hydrogens (tertiary/aromatic N) is 3. The summed E-state index contributed by atoms with van der Waals surface area (Å²) in [4.78, 5) is 24.5. The predicted molar refractivity (Wildman–Crippen MR) is 119 cm³/mol. The molecule has 0 amide bonds. The van der Waals surface area contributed by atoms with Gasteiger partial charge in [-0.1, -0.05) is 13.8 Å². The smallest absolute Gasteiger partial charge is 0.332 e. The summed E-state index contributed by atoms with van der Waals surface area (Å²) in [6.07, 6.45) is 4.90. The Morgan fingerprint density at radius 1 is 1.12 bits per heavy atom. The molecule has 0 aliphatic heterocycles. The first-order valence-electron chi connectivity index (χ1n) is 12.0. The molecular weight excluding hydrogens is 410 g/mol. The van der Waals surface area contributed by atoms with Gasteiger partial charge in [-0.25, -0.2) is 4.79 Å². The molecule has 0 radical (unpaired) electrons. The third-order valence-corrected chi connectivity index (χ3v) is 5.83. The van der Waals surface area contributed by atoms with E-state index in [1.807, 2.05) is 20.8 Å². The number of carbonyl (C=O) groups is 2. The Bertz CT molecular complexity index is 788. The highest BCUT2D eigenvalue weighted by atomic mass is 16.6. The Morgan fingerprint density at radius 3 is 2.38 bits per heavy atom. The van der Waals surface area contributed by atoms with Gasteiger partial charge in [-0.15, -0.1) is 10.2 Å². The van der Waals surface area contributed by atoms with Crippen LogP contribution in [0.2, 0.25) is 0 Å². The third kappa shape index (κ3) is 6.77. The second-order valence-corrected chi connectivity index (χ2v) is 10.6. The van der Waals surface area contributed by atoms with Crippen molar-refractivity contribution in [2.24, 2.45) is 11.8 Å². The van der Waals surface area contributed by atoms with Crippen molar-refractivity contribution in [3.63, 3.8) is 0 Å². The van der Waals surface area contributed by atoms with Crippen molar-refractivity contribution in [3.8, 4) is 0 Å². The molecule has 0 bridgehead atoms. The third-order valence-electron chi connectivity index (χ3n) is 5.83. The second-order valence-electron chi connectivity index (χ2n) is 10.6. The van der Waals surface area contributed by atoms with Crippen LogP contribution in [0.4, 0.5) is 0 Å². The summed E-state index contributed by atoms with van der Waals surface area (Å²) in [7, 11) is 0. The Kier molecular flexibility index (Phi) is 7.96. The summed E-state index contributed by atoms with van der Waals surface area (Å²) in [5.41, 5.74) is -0.602. The molecule has 1 aromatic rings. The van der Waals surface area contributed by atoms with E-state index in [4.69, 9.17) is 14.2 Å². The summed E-state index contributed by atoms with van der Waals surface area (Å²) in [5, 5.41) is 9.01. The molecule has 0 spiro atoms. The molecule has 32 heavy (non-hydrogen) atoms. The van der Waals surface area contributed by atoms with Crippen molar-refractivity contribution in [3.05, 3.63) is 11.6 Å². The maximum atomic E-state index is 12.6. The van der Waals surface area contributed by atoms with Gasteiger partial charge >= 0.3 is 11.9 Å². The van der Waals surface area contributed by atoms with E-state index in [9.17, 15) is 9.59 Å². The number of hydrogen-bond acceptors (Lipinski definition) is 7. The molecule has 2 saturated carbocycles. The first-order valence-corrected chi connectivity index (χ1v) is 12.0. The lowest BCUT2D eigenvalue weighted by molar-refractivity contribution is -0.162. The van der Waals surface area contributed by atoms with Gasteiger partial charge in [0.25, 0.3) is 0 Å². The molecule has 0 N–H and O–H groups in total. The predicted octanol–water partition coefficient (Wildman–Crippen LogP) is 4.51. The van der Waals surface area contributed by atoms with Crippen LogP contribution in [0.15, 0.2) is 0 Å². The molecule has 2 aliphatic carbocycles. The average Bonchev–Trinajstić information content (AvgIpc) is 3.39. The van der Waals surface area contributed by atoms with Gasteiger partial charge in [-0.3, -0.25) is 4.79 Å². The number of aromatic nitrogens is 3. The summed E-state index contributed by atoms with van der Waals surface area (Å²) in [5.74, 6) is 2.60. The lowest BCUT2D eigenvalue weighted by atomic mass is 9.71. The fraction of sp³-hybridized carbons (Fsp3) is 0.833. The minimum Gasteiger partial charge on any atom is -0.464 e. The summed E-state index contributed by atoms with van der Waals surface area (Å²) in [6, 6.07) is 0.339. The van der Waals surface area contributed by atoms with E-state index in [1.165, 1.54) is 6.42 Å². The summed E-state index contributed by atoms with van der Waals surface area (Å²) < 4.78 is 18.5. The van der Waals surface area contributed by atoms with Crippen LogP contribution in [0, 0.1) is 11.8 Å². The van der Waals surface area contributed by atoms with Crippen LogP contribution in [-0.4, -0.2) is 45.5 Å². The van der Waals surface area contributed by atoms with Gasteiger partial charge in [0.1, 0.15) is 24.1 Å². The van der Waals surface area contributed by atoms with E-state index >= 15 is 0 Å². The fourth-order valence-corrected chi connectivity index (χ4v) is 4.46. The van der Waals surface area contributed by atoms with Crippen LogP contribution in [0.25, 0.3) is 0 Å². The van der Waals surface area contributed by atoms with E-state index in [0.717, 1.165) is 37.4 Å². The molecule has 1 aromatic heterocycles. The zero-order chi connectivity index (χ0) is 23.5. The normalized spacial score (nSPS) is 21.8. The number of esters is 2. The first kappa shape index (κ1) is 24.7. The van der Waals surface area contributed by atoms with E-state index in [2.05, 4.69) is 28.6 Å². The quantitative estimate of drug-likeness (QED) is 0.459. The Labute approximate surface area is 191 Å². The van der Waals surface area contributed by atoms with Gasteiger partial charge in [0, 0.05) is 12.0 Å². The van der Waals surface area contributed by atoms with Crippen molar-refractivity contribution in [2.45, 2.75) is 104 Å². The lowest BCUT2D eigenvalue weighted by Crippen LogP contribution is -2.28. The monoisotopic (exact) mass is 449 g/mol. The zero-order valence-corrected chi connectivity index (χ0v) is 20.4. The highest BCUT2D eigenvalue weighted by Gasteiger charge is 2.40. The second kappa shape index (κ2) is 10.3. The van der Waals surface area contributed by atoms with Crippen molar-refractivity contribution in [1.29, 1.82) is 0 Å². The highest BCUT2D eigenvalue weighted by molar-refractivity contribution is 5.72. The molecule has 180 valence electrons. The van der Waals surface area contributed by atoms with Gasteiger partial charge in [0.15, 0.2) is 5.82 Å².